The molecule has 13 heavy (non-hydrogen) atoms. The smallest absolute Gasteiger partial charge is 0.280 e. The zero-order valence-corrected chi connectivity index (χ0v) is 6.98. The fourth-order valence-corrected chi connectivity index (χ4v) is 0.995. The third-order valence-corrected chi connectivity index (χ3v) is 1.60. The molecule has 1 aromatic carbocycles. The quantitative estimate of drug-likeness (QED) is 0.322. The molecule has 0 aliphatic carbocycles. The summed E-state index contributed by atoms with van der Waals surface area (Å²) >= 11 is 0. The van der Waals surface area contributed by atoms with Crippen LogP contribution in [0.4, 0.5) is 11.4 Å². The van der Waals surface area contributed by atoms with Gasteiger partial charge in [0.25, 0.3) is 5.69 Å². The van der Waals surface area contributed by atoms with Crippen LogP contribution in [0.2, 0.25) is 0 Å². The maximum absolute atomic E-state index is 11.0. The highest BCUT2D eigenvalue weighted by Gasteiger charge is 2.16. The summed E-state index contributed by atoms with van der Waals surface area (Å²) in [6, 6.07) is 3.93. The summed E-state index contributed by atoms with van der Waals surface area (Å²) in [6.07, 6.45) is 0. The first kappa shape index (κ1) is 9.18. The summed E-state index contributed by atoms with van der Waals surface area (Å²) in [6.45, 7) is 1.27. The van der Waals surface area contributed by atoms with E-state index in [1.807, 2.05) is 0 Å². The summed E-state index contributed by atoms with van der Waals surface area (Å²) in [5.41, 5.74) is 5.57. The lowest BCUT2D eigenvalue weighted by Gasteiger charge is -1.99. The van der Waals surface area contributed by atoms with Gasteiger partial charge < -0.3 is 5.73 Å². The molecule has 0 aliphatic heterocycles. The van der Waals surface area contributed by atoms with Gasteiger partial charge >= 0.3 is 0 Å². The van der Waals surface area contributed by atoms with Crippen molar-refractivity contribution >= 4 is 17.2 Å². The number of rotatable bonds is 2. The van der Waals surface area contributed by atoms with E-state index < -0.39 is 4.92 Å². The first-order valence-corrected chi connectivity index (χ1v) is 3.57. The molecule has 1 rings (SSSR count). The third kappa shape index (κ3) is 1.81. The average molecular weight is 180 g/mol. The number of ketones is 1. The fraction of sp³-hybridized carbons (Fsp3) is 0.125. The first-order chi connectivity index (χ1) is 6.02. The number of carbonyl (C=O) groups excluding carboxylic acids is 1. The number of nitro benzene ring substituents is 1. The van der Waals surface area contributed by atoms with Crippen molar-refractivity contribution in [2.75, 3.05) is 5.73 Å². The van der Waals surface area contributed by atoms with Crippen molar-refractivity contribution in [3.63, 3.8) is 0 Å². The van der Waals surface area contributed by atoms with E-state index in [4.69, 9.17) is 5.73 Å². The molecular formula is C8H8N2O3. The van der Waals surface area contributed by atoms with Crippen molar-refractivity contribution < 1.29 is 9.72 Å². The van der Waals surface area contributed by atoms with Crippen LogP contribution in [0.15, 0.2) is 18.2 Å². The number of nitrogens with zero attached hydrogens (tertiary/aromatic N) is 1. The van der Waals surface area contributed by atoms with Gasteiger partial charge in [0.05, 0.1) is 10.5 Å². The maximum atomic E-state index is 11.0. The zero-order valence-electron chi connectivity index (χ0n) is 6.98. The van der Waals surface area contributed by atoms with Gasteiger partial charge in [0.2, 0.25) is 0 Å². The second-order valence-corrected chi connectivity index (χ2v) is 2.59. The molecule has 0 unspecified atom stereocenters. The van der Waals surface area contributed by atoms with Crippen LogP contribution in [0.5, 0.6) is 0 Å². The molecule has 0 heterocycles. The van der Waals surface area contributed by atoms with Crippen molar-refractivity contribution in [1.29, 1.82) is 0 Å². The Balaban J connectivity index is 3.35. The van der Waals surface area contributed by atoms with E-state index in [9.17, 15) is 14.9 Å². The minimum atomic E-state index is -0.601. The lowest BCUT2D eigenvalue weighted by molar-refractivity contribution is -0.385. The van der Waals surface area contributed by atoms with Crippen molar-refractivity contribution in [1.82, 2.24) is 0 Å². The highest BCUT2D eigenvalue weighted by Crippen LogP contribution is 2.21. The lowest BCUT2D eigenvalue weighted by atomic mass is 10.1. The van der Waals surface area contributed by atoms with Crippen LogP contribution < -0.4 is 5.73 Å². The van der Waals surface area contributed by atoms with Gasteiger partial charge in [0.15, 0.2) is 5.78 Å². The summed E-state index contributed by atoms with van der Waals surface area (Å²) in [5, 5.41) is 10.5. The van der Waals surface area contributed by atoms with E-state index in [-0.39, 0.29) is 17.0 Å². The molecule has 2 N–H and O–H groups in total. The molecule has 0 saturated carbocycles. The molecule has 68 valence electrons. The van der Waals surface area contributed by atoms with Crippen LogP contribution in [0.25, 0.3) is 0 Å². The molecule has 0 radical (unpaired) electrons. The van der Waals surface area contributed by atoms with Crippen LogP contribution in [0.1, 0.15) is 17.3 Å². The highest BCUT2D eigenvalue weighted by atomic mass is 16.6. The Labute approximate surface area is 74.3 Å². The molecule has 0 aliphatic rings. The second kappa shape index (κ2) is 3.22. The number of Topliss-reactive ketones (excluding diaryl/α,β-unsaturated/α-hetero) is 1. The summed E-state index contributed by atoms with van der Waals surface area (Å²) in [4.78, 5) is 20.8. The Morgan fingerprint density at radius 2 is 2.15 bits per heavy atom. The van der Waals surface area contributed by atoms with Crippen molar-refractivity contribution in [3.05, 3.63) is 33.9 Å². The number of anilines is 1. The molecule has 0 fully saturated rings. The van der Waals surface area contributed by atoms with Crippen molar-refractivity contribution in [2.24, 2.45) is 0 Å². The molecule has 0 bridgehead atoms. The molecule has 0 atom stereocenters. The van der Waals surface area contributed by atoms with Gasteiger partial charge in [-0.15, -0.1) is 0 Å². The standard InChI is InChI=1S/C8H8N2O3/c1-5(11)7-4-6(9)2-3-8(7)10(12)13/h2-4H,9H2,1H3. The second-order valence-electron chi connectivity index (χ2n) is 2.59. The highest BCUT2D eigenvalue weighted by molar-refractivity contribution is 5.98. The number of hydrogen-bond donors (Lipinski definition) is 1. The SMILES string of the molecule is CC(=O)c1cc(N)ccc1[N+](=O)[O-]. The maximum Gasteiger partial charge on any atom is 0.280 e. The van der Waals surface area contributed by atoms with E-state index in [1.165, 1.54) is 25.1 Å². The number of carbonyl (C=O) groups is 1. The Morgan fingerprint density at radius 1 is 1.54 bits per heavy atom. The minimum absolute atomic E-state index is 0.0463. The molecule has 0 aromatic heterocycles. The Bertz CT molecular complexity index is 374. The number of benzene rings is 1. The number of nitrogen functional groups attached to an aromatic ring is 1. The Morgan fingerprint density at radius 3 is 2.62 bits per heavy atom. The summed E-state index contributed by atoms with van der Waals surface area (Å²) in [7, 11) is 0. The number of nitro groups is 1. The molecule has 0 amide bonds. The first-order valence-electron chi connectivity index (χ1n) is 3.57. The van der Waals surface area contributed by atoms with E-state index in [1.54, 1.807) is 0 Å². The topological polar surface area (TPSA) is 86.2 Å². The number of hydrogen-bond acceptors (Lipinski definition) is 4. The van der Waals surface area contributed by atoms with E-state index in [0.29, 0.717) is 5.69 Å². The summed E-state index contributed by atoms with van der Waals surface area (Å²) < 4.78 is 0. The Hall–Kier alpha value is -1.91. The molecule has 1 aromatic rings. The van der Waals surface area contributed by atoms with Crippen molar-refractivity contribution in [2.45, 2.75) is 6.92 Å². The molecule has 5 nitrogen and oxygen atoms in total. The van der Waals surface area contributed by atoms with Gasteiger partial charge in [0.1, 0.15) is 0 Å². The zero-order chi connectivity index (χ0) is 10.0. The van der Waals surface area contributed by atoms with E-state index in [2.05, 4.69) is 0 Å². The van der Waals surface area contributed by atoms with Crippen LogP contribution in [-0.4, -0.2) is 10.7 Å². The number of nitrogens with two attached hydrogens (primary N) is 1. The molecular weight excluding hydrogens is 172 g/mol. The molecule has 0 saturated heterocycles. The third-order valence-electron chi connectivity index (χ3n) is 1.60. The molecule has 0 spiro atoms. The van der Waals surface area contributed by atoms with Gasteiger partial charge in [-0.05, 0) is 19.1 Å². The predicted molar refractivity (Wildman–Crippen MR) is 47.5 cm³/mol. The predicted octanol–water partition coefficient (Wildman–Crippen LogP) is 1.38. The minimum Gasteiger partial charge on any atom is -0.399 e. The normalized spacial score (nSPS) is 9.62. The van der Waals surface area contributed by atoms with Crippen LogP contribution in [-0.2, 0) is 0 Å². The summed E-state index contributed by atoms with van der Waals surface area (Å²) in [5.74, 6) is -0.362. The van der Waals surface area contributed by atoms with E-state index >= 15 is 0 Å². The van der Waals surface area contributed by atoms with Gasteiger partial charge in [-0.25, -0.2) is 0 Å². The average Bonchev–Trinajstić information content (AvgIpc) is 2.03. The van der Waals surface area contributed by atoms with E-state index in [0.717, 1.165) is 0 Å². The van der Waals surface area contributed by atoms with Crippen LogP contribution in [0, 0.1) is 10.1 Å². The van der Waals surface area contributed by atoms with Crippen molar-refractivity contribution in [3.8, 4) is 0 Å². The monoisotopic (exact) mass is 180 g/mol. The van der Waals surface area contributed by atoms with Crippen LogP contribution >= 0.6 is 0 Å². The lowest BCUT2D eigenvalue weighted by Crippen LogP contribution is -2.01. The fourth-order valence-electron chi connectivity index (χ4n) is 0.995. The Kier molecular flexibility index (Phi) is 2.27. The van der Waals surface area contributed by atoms with Gasteiger partial charge in [-0.1, -0.05) is 0 Å². The van der Waals surface area contributed by atoms with Gasteiger partial charge in [-0.2, -0.15) is 0 Å². The van der Waals surface area contributed by atoms with Gasteiger partial charge in [0, 0.05) is 11.8 Å². The van der Waals surface area contributed by atoms with Gasteiger partial charge in [-0.3, -0.25) is 14.9 Å². The molecule has 5 heteroatoms. The van der Waals surface area contributed by atoms with Crippen LogP contribution in [0.3, 0.4) is 0 Å². The largest absolute Gasteiger partial charge is 0.399 e.